The van der Waals surface area contributed by atoms with Gasteiger partial charge in [0.2, 0.25) is 0 Å². The smallest absolute Gasteiger partial charge is 0.434 e. The predicted octanol–water partition coefficient (Wildman–Crippen LogP) is 8.19. The molecule has 0 aliphatic carbocycles. The van der Waals surface area contributed by atoms with E-state index in [-0.39, 0.29) is 11.6 Å². The minimum Gasteiger partial charge on any atom is -0.434 e. The molecule has 9 heteroatoms. The van der Waals surface area contributed by atoms with E-state index in [0.717, 1.165) is 63.2 Å². The summed E-state index contributed by atoms with van der Waals surface area (Å²) >= 11 is 0. The Hall–Kier alpha value is -3.46. The van der Waals surface area contributed by atoms with Crippen LogP contribution in [0.2, 0.25) is 0 Å². The SMILES string of the molecule is CCCCCCCCCCCCOC(=O)Oc1ccc2c(N3CCN(CCCC(=O)c4ccc(F)cc4)CC3)noc2c1. The maximum atomic E-state index is 13.1. The van der Waals surface area contributed by atoms with Crippen molar-refractivity contribution >= 4 is 28.7 Å². The number of fused-ring (bicyclic) bond motifs is 1. The number of hydrogen-bond donors (Lipinski definition) is 0. The van der Waals surface area contributed by atoms with E-state index in [0.29, 0.717) is 29.9 Å². The number of carbonyl (C=O) groups is 2. The van der Waals surface area contributed by atoms with Crippen LogP contribution < -0.4 is 9.64 Å². The molecule has 3 aromatic rings. The van der Waals surface area contributed by atoms with E-state index in [1.807, 2.05) is 6.07 Å². The third-order valence-corrected chi connectivity index (χ3v) is 8.06. The molecule has 0 amide bonds. The zero-order valence-corrected chi connectivity index (χ0v) is 25.5. The molecule has 0 spiro atoms. The fourth-order valence-corrected chi connectivity index (χ4v) is 5.49. The van der Waals surface area contributed by atoms with Gasteiger partial charge in [0.15, 0.2) is 17.2 Å². The summed E-state index contributed by atoms with van der Waals surface area (Å²) in [7, 11) is 0. The third-order valence-electron chi connectivity index (χ3n) is 8.06. The highest BCUT2D eigenvalue weighted by atomic mass is 19.1. The number of anilines is 1. The topological polar surface area (TPSA) is 85.1 Å². The second-order valence-electron chi connectivity index (χ2n) is 11.4. The van der Waals surface area contributed by atoms with Gasteiger partial charge in [-0.05, 0) is 55.8 Å². The first-order valence-corrected chi connectivity index (χ1v) is 16.0. The Balaban J connectivity index is 1.11. The maximum absolute atomic E-state index is 13.1. The number of Topliss-reactive ketones (excluding diaryl/α,β-unsaturated/α-hetero) is 1. The minimum atomic E-state index is -0.703. The number of unbranched alkanes of at least 4 members (excludes halogenated alkanes) is 9. The lowest BCUT2D eigenvalue weighted by Gasteiger charge is -2.34. The summed E-state index contributed by atoms with van der Waals surface area (Å²) in [5.74, 6) is 0.843. The Kier molecular flexibility index (Phi) is 13.3. The molecule has 0 bridgehead atoms. The summed E-state index contributed by atoms with van der Waals surface area (Å²) < 4.78 is 29.3. The highest BCUT2D eigenvalue weighted by molar-refractivity contribution is 5.96. The van der Waals surface area contributed by atoms with Crippen molar-refractivity contribution in [2.75, 3.05) is 44.2 Å². The molecule has 1 saturated heterocycles. The number of ketones is 1. The Labute approximate surface area is 254 Å². The number of carbonyl (C=O) groups excluding carboxylic acids is 2. The van der Waals surface area contributed by atoms with Crippen LogP contribution in [0.15, 0.2) is 47.0 Å². The first-order chi connectivity index (χ1) is 21.0. The van der Waals surface area contributed by atoms with Crippen LogP contribution in [0.3, 0.4) is 0 Å². The molecule has 43 heavy (non-hydrogen) atoms. The van der Waals surface area contributed by atoms with E-state index in [1.54, 1.807) is 24.3 Å². The third kappa shape index (κ3) is 10.6. The average molecular weight is 596 g/mol. The van der Waals surface area contributed by atoms with Crippen LogP contribution in [0.25, 0.3) is 11.0 Å². The fraction of sp³-hybridized carbons (Fsp3) is 0.559. The van der Waals surface area contributed by atoms with E-state index < -0.39 is 6.16 Å². The first-order valence-electron chi connectivity index (χ1n) is 16.0. The van der Waals surface area contributed by atoms with Crippen molar-refractivity contribution < 1.29 is 28.0 Å². The number of hydrogen-bond acceptors (Lipinski definition) is 8. The molecule has 0 N–H and O–H groups in total. The van der Waals surface area contributed by atoms with Crippen LogP contribution >= 0.6 is 0 Å². The monoisotopic (exact) mass is 595 g/mol. The molecule has 2 heterocycles. The van der Waals surface area contributed by atoms with Crippen LogP contribution in [-0.2, 0) is 4.74 Å². The second kappa shape index (κ2) is 17.6. The van der Waals surface area contributed by atoms with Crippen LogP contribution in [0, 0.1) is 5.82 Å². The lowest BCUT2D eigenvalue weighted by molar-refractivity contribution is 0.0964. The molecule has 0 radical (unpaired) electrons. The lowest BCUT2D eigenvalue weighted by atomic mass is 10.1. The van der Waals surface area contributed by atoms with Gasteiger partial charge in [-0.25, -0.2) is 9.18 Å². The number of rotatable bonds is 18. The van der Waals surface area contributed by atoms with Crippen LogP contribution in [-0.4, -0.2) is 61.3 Å². The molecular formula is C34H46FN3O5. The molecule has 0 atom stereocenters. The van der Waals surface area contributed by atoms with Crippen LogP contribution in [0.4, 0.5) is 15.0 Å². The summed E-state index contributed by atoms with van der Waals surface area (Å²) in [6.07, 6.45) is 12.7. The molecule has 2 aromatic carbocycles. The molecule has 0 unspecified atom stereocenters. The second-order valence-corrected chi connectivity index (χ2v) is 11.4. The van der Waals surface area contributed by atoms with Crippen molar-refractivity contribution in [2.45, 2.75) is 84.0 Å². The van der Waals surface area contributed by atoms with Crippen molar-refractivity contribution in [3.63, 3.8) is 0 Å². The maximum Gasteiger partial charge on any atom is 0.513 e. The van der Waals surface area contributed by atoms with Gasteiger partial charge >= 0.3 is 6.16 Å². The summed E-state index contributed by atoms with van der Waals surface area (Å²) in [6.45, 7) is 6.71. The summed E-state index contributed by atoms with van der Waals surface area (Å²) in [5.41, 5.74) is 1.11. The molecule has 1 aliphatic heterocycles. The normalized spacial score (nSPS) is 13.9. The van der Waals surface area contributed by atoms with Gasteiger partial charge in [-0.1, -0.05) is 69.9 Å². The van der Waals surface area contributed by atoms with Gasteiger partial charge < -0.3 is 18.9 Å². The quantitative estimate of drug-likeness (QED) is 0.0630. The fourth-order valence-electron chi connectivity index (χ4n) is 5.49. The van der Waals surface area contributed by atoms with Gasteiger partial charge in [-0.3, -0.25) is 9.69 Å². The number of nitrogens with zero attached hydrogens (tertiary/aromatic N) is 3. The molecule has 8 nitrogen and oxygen atoms in total. The Morgan fingerprint density at radius 1 is 0.860 bits per heavy atom. The summed E-state index contributed by atoms with van der Waals surface area (Å²) in [6, 6.07) is 11.0. The van der Waals surface area contributed by atoms with Crippen molar-refractivity contribution in [3.8, 4) is 5.75 Å². The van der Waals surface area contributed by atoms with E-state index in [2.05, 4.69) is 21.9 Å². The molecular weight excluding hydrogens is 549 g/mol. The van der Waals surface area contributed by atoms with E-state index in [4.69, 9.17) is 14.0 Å². The molecule has 1 aromatic heterocycles. The predicted molar refractivity (Wildman–Crippen MR) is 166 cm³/mol. The molecule has 1 fully saturated rings. The molecule has 0 saturated carbocycles. The largest absolute Gasteiger partial charge is 0.513 e. The number of ether oxygens (including phenoxy) is 2. The Bertz CT molecular complexity index is 1270. The molecule has 4 rings (SSSR count). The van der Waals surface area contributed by atoms with Gasteiger partial charge in [0.25, 0.3) is 0 Å². The van der Waals surface area contributed by atoms with Gasteiger partial charge in [0.05, 0.1) is 12.0 Å². The number of aromatic nitrogens is 1. The molecule has 1 aliphatic rings. The number of benzene rings is 2. The van der Waals surface area contributed by atoms with Crippen molar-refractivity contribution in [2.24, 2.45) is 0 Å². The standard InChI is InChI=1S/C34H46FN3O5/c1-2-3-4-5-6-7-8-9-10-11-25-41-34(40)42-29-18-19-30-32(26-29)43-36-33(30)38-23-21-37(22-24-38)20-12-13-31(39)27-14-16-28(35)17-15-27/h14-19,26H,2-13,20-25H2,1H3. The lowest BCUT2D eigenvalue weighted by Crippen LogP contribution is -2.46. The zero-order chi connectivity index (χ0) is 30.3. The van der Waals surface area contributed by atoms with Crippen LogP contribution in [0.1, 0.15) is 94.3 Å². The van der Waals surface area contributed by atoms with Crippen molar-refractivity contribution in [1.82, 2.24) is 10.1 Å². The van der Waals surface area contributed by atoms with Gasteiger partial charge in [0, 0.05) is 44.2 Å². The summed E-state index contributed by atoms with van der Waals surface area (Å²) in [4.78, 5) is 29.0. The first kappa shape index (κ1) is 32.5. The minimum absolute atomic E-state index is 0.0402. The Morgan fingerprint density at radius 2 is 1.53 bits per heavy atom. The van der Waals surface area contributed by atoms with Gasteiger partial charge in [-0.2, -0.15) is 0 Å². The number of piperazine rings is 1. The van der Waals surface area contributed by atoms with E-state index >= 15 is 0 Å². The highest BCUT2D eigenvalue weighted by Crippen LogP contribution is 2.30. The highest BCUT2D eigenvalue weighted by Gasteiger charge is 2.22. The summed E-state index contributed by atoms with van der Waals surface area (Å²) in [5, 5.41) is 5.15. The molecule has 234 valence electrons. The number of halogens is 1. The van der Waals surface area contributed by atoms with Crippen molar-refractivity contribution in [1.29, 1.82) is 0 Å². The van der Waals surface area contributed by atoms with Crippen molar-refractivity contribution in [3.05, 3.63) is 53.8 Å². The van der Waals surface area contributed by atoms with Gasteiger partial charge in [-0.15, -0.1) is 0 Å². The van der Waals surface area contributed by atoms with E-state index in [1.165, 1.54) is 63.5 Å². The zero-order valence-electron chi connectivity index (χ0n) is 25.5. The van der Waals surface area contributed by atoms with Gasteiger partial charge in [0.1, 0.15) is 11.6 Å². The van der Waals surface area contributed by atoms with E-state index in [9.17, 15) is 14.0 Å². The van der Waals surface area contributed by atoms with Crippen LogP contribution in [0.5, 0.6) is 5.75 Å². The Morgan fingerprint density at radius 3 is 2.23 bits per heavy atom. The average Bonchev–Trinajstić information content (AvgIpc) is 3.44.